The summed E-state index contributed by atoms with van der Waals surface area (Å²) in [5.41, 5.74) is 6.56. The van der Waals surface area contributed by atoms with Gasteiger partial charge >= 0.3 is 0 Å². The Balaban J connectivity index is 1.94. The van der Waals surface area contributed by atoms with E-state index in [9.17, 15) is 4.39 Å². The lowest BCUT2D eigenvalue weighted by atomic mass is 10.0. The zero-order valence-corrected chi connectivity index (χ0v) is 12.4. The van der Waals surface area contributed by atoms with Crippen molar-refractivity contribution < 1.29 is 13.5 Å². The van der Waals surface area contributed by atoms with Crippen molar-refractivity contribution in [3.63, 3.8) is 0 Å². The van der Waals surface area contributed by atoms with E-state index < -0.39 is 6.04 Å². The molecule has 114 valence electrons. The highest BCUT2D eigenvalue weighted by Crippen LogP contribution is 2.28. The minimum absolute atomic E-state index is 0.324. The molecule has 21 heavy (non-hydrogen) atoms. The minimum Gasteiger partial charge on any atom is -0.496 e. The van der Waals surface area contributed by atoms with E-state index in [-0.39, 0.29) is 5.82 Å². The highest BCUT2D eigenvalue weighted by Gasteiger charge is 2.17. The fourth-order valence-corrected chi connectivity index (χ4v) is 2.31. The lowest BCUT2D eigenvalue weighted by Gasteiger charge is -2.20. The van der Waals surface area contributed by atoms with Crippen LogP contribution in [-0.2, 0) is 6.54 Å². The Kier molecular flexibility index (Phi) is 5.36. The van der Waals surface area contributed by atoms with Crippen LogP contribution in [0.25, 0.3) is 0 Å². The summed E-state index contributed by atoms with van der Waals surface area (Å²) in [6.45, 7) is 1.44. The number of methoxy groups -OCH3 is 1. The molecule has 2 rings (SSSR count). The number of furan rings is 1. The molecule has 0 aliphatic carbocycles. The average Bonchev–Trinajstić information content (AvgIpc) is 2.97. The van der Waals surface area contributed by atoms with Gasteiger partial charge in [0.15, 0.2) is 0 Å². The van der Waals surface area contributed by atoms with E-state index in [0.29, 0.717) is 24.3 Å². The van der Waals surface area contributed by atoms with Gasteiger partial charge in [-0.15, -0.1) is 0 Å². The molecule has 1 aromatic heterocycles. The predicted octanol–water partition coefficient (Wildman–Crippen LogP) is 2.95. The molecule has 1 aromatic carbocycles. The van der Waals surface area contributed by atoms with Gasteiger partial charge in [-0.1, -0.05) is 6.07 Å². The number of nitrogens with two attached hydrogens (primary N) is 1. The molecule has 2 N–H and O–H groups in total. The summed E-state index contributed by atoms with van der Waals surface area (Å²) in [7, 11) is 3.50. The molecule has 4 nitrogen and oxygen atoms in total. The highest BCUT2D eigenvalue weighted by atomic mass is 19.1. The van der Waals surface area contributed by atoms with Crippen LogP contribution < -0.4 is 10.5 Å². The molecule has 0 aliphatic heterocycles. The van der Waals surface area contributed by atoms with E-state index in [2.05, 4.69) is 4.90 Å². The lowest BCUT2D eigenvalue weighted by Crippen LogP contribution is -2.24. The van der Waals surface area contributed by atoms with Crippen LogP contribution in [0.1, 0.15) is 23.8 Å². The van der Waals surface area contributed by atoms with Crippen molar-refractivity contribution in [3.05, 3.63) is 53.7 Å². The zero-order chi connectivity index (χ0) is 15.2. The van der Waals surface area contributed by atoms with Gasteiger partial charge in [0.05, 0.1) is 19.9 Å². The second kappa shape index (κ2) is 7.24. The third-order valence-electron chi connectivity index (χ3n) is 3.43. The van der Waals surface area contributed by atoms with Crippen LogP contribution in [0.2, 0.25) is 0 Å². The lowest BCUT2D eigenvalue weighted by molar-refractivity contribution is 0.281. The monoisotopic (exact) mass is 292 g/mol. The molecule has 2 aromatic rings. The van der Waals surface area contributed by atoms with Gasteiger partial charge in [0.1, 0.15) is 17.3 Å². The van der Waals surface area contributed by atoms with Crippen molar-refractivity contribution in [2.24, 2.45) is 5.73 Å². The fraction of sp³-hybridized carbons (Fsp3) is 0.375. The molecule has 0 aliphatic rings. The molecule has 0 amide bonds. The van der Waals surface area contributed by atoms with Crippen molar-refractivity contribution in [2.45, 2.75) is 19.0 Å². The second-order valence-corrected chi connectivity index (χ2v) is 5.07. The molecular formula is C16H21FN2O2. The predicted molar refractivity (Wildman–Crippen MR) is 79.5 cm³/mol. The maximum absolute atomic E-state index is 13.9. The van der Waals surface area contributed by atoms with Crippen LogP contribution in [0.5, 0.6) is 5.75 Å². The van der Waals surface area contributed by atoms with Gasteiger partial charge in [-0.3, -0.25) is 4.90 Å². The van der Waals surface area contributed by atoms with Gasteiger partial charge in [0.25, 0.3) is 0 Å². The molecule has 0 fully saturated rings. The summed E-state index contributed by atoms with van der Waals surface area (Å²) in [6.07, 6.45) is 2.29. The first kappa shape index (κ1) is 15.5. The molecule has 0 radical (unpaired) electrons. The molecule has 0 bridgehead atoms. The third kappa shape index (κ3) is 4.06. The first-order valence-corrected chi connectivity index (χ1v) is 6.90. The Bertz CT molecular complexity index is 557. The van der Waals surface area contributed by atoms with Gasteiger partial charge < -0.3 is 14.9 Å². The van der Waals surface area contributed by atoms with Gasteiger partial charge in [0, 0.05) is 18.2 Å². The van der Waals surface area contributed by atoms with Crippen LogP contribution in [-0.4, -0.2) is 25.6 Å². The average molecular weight is 292 g/mol. The Morgan fingerprint density at radius 3 is 2.81 bits per heavy atom. The Morgan fingerprint density at radius 2 is 2.14 bits per heavy atom. The van der Waals surface area contributed by atoms with E-state index in [1.807, 2.05) is 19.2 Å². The molecule has 0 spiro atoms. The summed E-state index contributed by atoms with van der Waals surface area (Å²) in [5.74, 6) is 1.07. The number of ether oxygens (including phenoxy) is 1. The standard InChI is InChI=1S/C16H21FN2O2/c1-19(11-12-5-4-10-21-12)9-8-14(18)16-13(17)6-3-7-15(16)20-2/h3-7,10,14H,8-9,11,18H2,1-2H3. The Morgan fingerprint density at radius 1 is 1.33 bits per heavy atom. The quantitative estimate of drug-likeness (QED) is 0.852. The molecule has 1 atom stereocenters. The number of hydrogen-bond acceptors (Lipinski definition) is 4. The van der Waals surface area contributed by atoms with Crippen molar-refractivity contribution in [3.8, 4) is 5.75 Å². The van der Waals surface area contributed by atoms with Crippen molar-refractivity contribution >= 4 is 0 Å². The largest absolute Gasteiger partial charge is 0.496 e. The third-order valence-corrected chi connectivity index (χ3v) is 3.43. The first-order valence-electron chi connectivity index (χ1n) is 6.90. The first-order chi connectivity index (χ1) is 10.1. The van der Waals surface area contributed by atoms with Crippen molar-refractivity contribution in [1.82, 2.24) is 4.90 Å². The normalized spacial score (nSPS) is 12.6. The molecule has 1 heterocycles. The Hall–Kier alpha value is -1.85. The van der Waals surface area contributed by atoms with Gasteiger partial charge in [-0.25, -0.2) is 4.39 Å². The molecule has 1 unspecified atom stereocenters. The topological polar surface area (TPSA) is 51.6 Å². The van der Waals surface area contributed by atoms with Crippen molar-refractivity contribution in [1.29, 1.82) is 0 Å². The van der Waals surface area contributed by atoms with Crippen molar-refractivity contribution in [2.75, 3.05) is 20.7 Å². The van der Waals surface area contributed by atoms with Crippen LogP contribution in [0.15, 0.2) is 41.0 Å². The highest BCUT2D eigenvalue weighted by molar-refractivity contribution is 5.37. The smallest absolute Gasteiger partial charge is 0.131 e. The summed E-state index contributed by atoms with van der Waals surface area (Å²) in [6, 6.07) is 8.14. The summed E-state index contributed by atoms with van der Waals surface area (Å²) < 4.78 is 24.4. The summed E-state index contributed by atoms with van der Waals surface area (Å²) in [5, 5.41) is 0. The number of nitrogens with zero attached hydrogens (tertiary/aromatic N) is 1. The second-order valence-electron chi connectivity index (χ2n) is 5.07. The SMILES string of the molecule is COc1cccc(F)c1C(N)CCN(C)Cc1ccco1. The fourth-order valence-electron chi connectivity index (χ4n) is 2.31. The van der Waals surface area contributed by atoms with Crippen LogP contribution in [0.3, 0.4) is 0 Å². The van der Waals surface area contributed by atoms with E-state index in [1.54, 1.807) is 18.4 Å². The van der Waals surface area contributed by atoms with E-state index in [4.69, 9.17) is 14.9 Å². The Labute approximate surface area is 124 Å². The van der Waals surface area contributed by atoms with Gasteiger partial charge in [0.2, 0.25) is 0 Å². The number of rotatable bonds is 7. The molecule has 5 heteroatoms. The summed E-state index contributed by atoms with van der Waals surface area (Å²) >= 11 is 0. The molecular weight excluding hydrogens is 271 g/mol. The van der Waals surface area contributed by atoms with E-state index in [1.165, 1.54) is 13.2 Å². The minimum atomic E-state index is -0.403. The van der Waals surface area contributed by atoms with E-state index in [0.717, 1.165) is 12.3 Å². The number of hydrogen-bond donors (Lipinski definition) is 1. The van der Waals surface area contributed by atoms with Gasteiger partial charge in [-0.05, 0) is 37.7 Å². The van der Waals surface area contributed by atoms with Crippen LogP contribution in [0.4, 0.5) is 4.39 Å². The number of halogens is 1. The molecule has 0 saturated heterocycles. The van der Waals surface area contributed by atoms with Gasteiger partial charge in [-0.2, -0.15) is 0 Å². The maximum atomic E-state index is 13.9. The van der Waals surface area contributed by atoms with Crippen LogP contribution >= 0.6 is 0 Å². The number of benzene rings is 1. The summed E-state index contributed by atoms with van der Waals surface area (Å²) in [4.78, 5) is 2.09. The molecule has 0 saturated carbocycles. The van der Waals surface area contributed by atoms with Crippen LogP contribution in [0, 0.1) is 5.82 Å². The zero-order valence-electron chi connectivity index (χ0n) is 12.4. The maximum Gasteiger partial charge on any atom is 0.131 e. The van der Waals surface area contributed by atoms with E-state index >= 15 is 0 Å².